The van der Waals surface area contributed by atoms with Crippen LogP contribution in [-0.2, 0) is 20.7 Å². The highest BCUT2D eigenvalue weighted by atomic mass is 16.5. The summed E-state index contributed by atoms with van der Waals surface area (Å²) in [6, 6.07) is 20.9. The van der Waals surface area contributed by atoms with Crippen LogP contribution in [-0.4, -0.2) is 55.5 Å². The van der Waals surface area contributed by atoms with E-state index < -0.39 is 5.97 Å². The predicted octanol–water partition coefficient (Wildman–Crippen LogP) is 5.17. The Balaban J connectivity index is 1.30. The van der Waals surface area contributed by atoms with Crippen LogP contribution in [0.4, 0.5) is 17.1 Å². The fourth-order valence-corrected chi connectivity index (χ4v) is 5.92. The second-order valence-electron chi connectivity index (χ2n) is 10.7. The Morgan fingerprint density at radius 1 is 0.927 bits per heavy atom. The lowest BCUT2D eigenvalue weighted by atomic mass is 9.99. The summed E-state index contributed by atoms with van der Waals surface area (Å²) in [4.78, 5) is 42.9. The molecule has 8 nitrogen and oxygen atoms in total. The number of nitrogens with one attached hydrogen (secondary N) is 2. The molecule has 0 radical (unpaired) electrons. The van der Waals surface area contributed by atoms with Crippen LogP contribution < -0.4 is 15.5 Å². The zero-order chi connectivity index (χ0) is 28.3. The van der Waals surface area contributed by atoms with E-state index in [0.29, 0.717) is 41.2 Å². The van der Waals surface area contributed by atoms with Gasteiger partial charge in [-0.25, -0.2) is 4.79 Å². The highest BCUT2D eigenvalue weighted by Gasteiger charge is 2.30. The van der Waals surface area contributed by atoms with Crippen molar-refractivity contribution in [1.29, 1.82) is 0 Å². The smallest absolute Gasteiger partial charge is 0.338 e. The maximum absolute atomic E-state index is 13.3. The van der Waals surface area contributed by atoms with Crippen molar-refractivity contribution in [2.24, 2.45) is 0 Å². The number of benzene rings is 3. The molecule has 0 spiro atoms. The summed E-state index contributed by atoms with van der Waals surface area (Å²) < 4.78 is 5.13. The van der Waals surface area contributed by atoms with Crippen molar-refractivity contribution in [1.82, 2.24) is 4.90 Å². The molecule has 1 fully saturated rings. The molecule has 0 aliphatic carbocycles. The van der Waals surface area contributed by atoms with E-state index in [1.54, 1.807) is 25.1 Å². The third-order valence-electron chi connectivity index (χ3n) is 7.94. The number of anilines is 3. The molecule has 3 aliphatic rings. The lowest BCUT2D eigenvalue weighted by molar-refractivity contribution is -0.119. The van der Waals surface area contributed by atoms with Gasteiger partial charge in [-0.3, -0.25) is 14.5 Å². The molecular formula is C33H34N4O4. The first-order chi connectivity index (χ1) is 20.0. The maximum atomic E-state index is 13.3. The number of hydrogen-bond acceptors (Lipinski definition) is 6. The van der Waals surface area contributed by atoms with Crippen molar-refractivity contribution in [3.05, 3.63) is 89.0 Å². The number of fused-ring (bicyclic) bond motifs is 2. The molecule has 0 aromatic heterocycles. The topological polar surface area (TPSA) is 91.0 Å². The molecule has 0 atom stereocenters. The zero-order valence-electron chi connectivity index (χ0n) is 23.2. The Bertz CT molecular complexity index is 1530. The molecule has 210 valence electrons. The van der Waals surface area contributed by atoms with E-state index in [9.17, 15) is 14.4 Å². The number of carbonyl (C=O) groups is 3. The van der Waals surface area contributed by atoms with Gasteiger partial charge in [-0.1, -0.05) is 42.8 Å². The Labute approximate surface area is 240 Å². The number of esters is 1. The lowest BCUT2D eigenvalue weighted by Gasteiger charge is -2.28. The van der Waals surface area contributed by atoms with Gasteiger partial charge in [0.25, 0.3) is 5.91 Å². The minimum atomic E-state index is -0.426. The molecule has 3 heterocycles. The zero-order valence-corrected chi connectivity index (χ0v) is 23.2. The van der Waals surface area contributed by atoms with Crippen LogP contribution in [0.15, 0.2) is 66.7 Å². The second kappa shape index (κ2) is 11.6. The summed E-state index contributed by atoms with van der Waals surface area (Å²) in [5.74, 6) is -0.520. The number of carbonyl (C=O) groups excluding carboxylic acids is 3. The summed E-state index contributed by atoms with van der Waals surface area (Å²) >= 11 is 0. The fourth-order valence-electron chi connectivity index (χ4n) is 5.92. The van der Waals surface area contributed by atoms with Gasteiger partial charge in [-0.05, 0) is 80.7 Å². The summed E-state index contributed by atoms with van der Waals surface area (Å²) in [5, 5.41) is 6.44. The van der Waals surface area contributed by atoms with E-state index in [4.69, 9.17) is 4.74 Å². The van der Waals surface area contributed by atoms with Crippen LogP contribution >= 0.6 is 0 Å². The van der Waals surface area contributed by atoms with Crippen molar-refractivity contribution < 1.29 is 19.1 Å². The maximum Gasteiger partial charge on any atom is 0.338 e. The van der Waals surface area contributed by atoms with E-state index in [1.807, 2.05) is 47.4 Å². The van der Waals surface area contributed by atoms with E-state index in [1.165, 1.54) is 6.42 Å². The van der Waals surface area contributed by atoms with Crippen LogP contribution in [0.25, 0.3) is 11.3 Å². The second-order valence-corrected chi connectivity index (χ2v) is 10.7. The average Bonchev–Trinajstić information content (AvgIpc) is 3.56. The molecule has 2 N–H and O–H groups in total. The van der Waals surface area contributed by atoms with Crippen molar-refractivity contribution in [2.45, 2.75) is 32.6 Å². The van der Waals surface area contributed by atoms with Gasteiger partial charge in [-0.2, -0.15) is 0 Å². The van der Waals surface area contributed by atoms with E-state index in [0.717, 1.165) is 54.9 Å². The number of nitrogens with zero attached hydrogens (tertiary/aromatic N) is 2. The molecule has 0 saturated carbocycles. The molecule has 1 saturated heterocycles. The van der Waals surface area contributed by atoms with Gasteiger partial charge in [0.1, 0.15) is 0 Å². The van der Waals surface area contributed by atoms with Gasteiger partial charge in [0, 0.05) is 23.5 Å². The van der Waals surface area contributed by atoms with E-state index in [2.05, 4.69) is 21.6 Å². The first-order valence-electron chi connectivity index (χ1n) is 14.4. The Kier molecular flexibility index (Phi) is 7.57. The van der Waals surface area contributed by atoms with Crippen LogP contribution in [0, 0.1) is 0 Å². The molecular weight excluding hydrogens is 516 g/mol. The molecule has 2 amide bonds. The standard InChI is InChI=1S/C33H34N4O4/c1-2-41-33(40)24-11-13-26-27(20-24)35-32(39)30(26)31(22-9-5-3-6-10-22)34-25-12-14-28-23(19-25)15-18-37(28)29(38)21-36-16-7-4-8-17-36/h3,5-6,9-14,19-20,34H,2,4,7-8,15-18,21H2,1H3,(H,35,39)/b31-30-. The quantitative estimate of drug-likeness (QED) is 0.312. The van der Waals surface area contributed by atoms with E-state index in [-0.39, 0.29) is 18.4 Å². The van der Waals surface area contributed by atoms with Crippen LogP contribution in [0.5, 0.6) is 0 Å². The molecule has 0 bridgehead atoms. The first-order valence-corrected chi connectivity index (χ1v) is 14.4. The predicted molar refractivity (Wildman–Crippen MR) is 161 cm³/mol. The van der Waals surface area contributed by atoms with Gasteiger partial charge in [0.15, 0.2) is 0 Å². The number of amides is 2. The number of likely N-dealkylation sites (tertiary alicyclic amines) is 1. The lowest BCUT2D eigenvalue weighted by Crippen LogP contribution is -2.41. The van der Waals surface area contributed by atoms with Crippen LogP contribution in [0.2, 0.25) is 0 Å². The molecule has 3 aliphatic heterocycles. The third-order valence-corrected chi connectivity index (χ3v) is 7.94. The number of piperidine rings is 1. The molecule has 8 heteroatoms. The molecule has 0 unspecified atom stereocenters. The summed E-state index contributed by atoms with van der Waals surface area (Å²) in [7, 11) is 0. The van der Waals surface area contributed by atoms with Gasteiger partial charge in [0.2, 0.25) is 5.91 Å². The minimum Gasteiger partial charge on any atom is -0.462 e. The Morgan fingerprint density at radius 2 is 1.73 bits per heavy atom. The van der Waals surface area contributed by atoms with Gasteiger partial charge >= 0.3 is 5.97 Å². The molecule has 41 heavy (non-hydrogen) atoms. The van der Waals surface area contributed by atoms with Crippen molar-refractivity contribution in [3.8, 4) is 0 Å². The van der Waals surface area contributed by atoms with Crippen molar-refractivity contribution in [2.75, 3.05) is 48.3 Å². The molecule has 6 rings (SSSR count). The number of rotatable bonds is 7. The van der Waals surface area contributed by atoms with Gasteiger partial charge < -0.3 is 20.3 Å². The number of hydrogen-bond donors (Lipinski definition) is 2. The highest BCUT2D eigenvalue weighted by Crippen LogP contribution is 2.39. The van der Waals surface area contributed by atoms with Gasteiger partial charge in [0.05, 0.1) is 35.7 Å². The van der Waals surface area contributed by atoms with Crippen LogP contribution in [0.1, 0.15) is 53.2 Å². The van der Waals surface area contributed by atoms with Crippen molar-refractivity contribution >= 4 is 46.1 Å². The Hall–Kier alpha value is -4.43. The summed E-state index contributed by atoms with van der Waals surface area (Å²) in [6.45, 7) is 5.17. The Morgan fingerprint density at radius 3 is 2.51 bits per heavy atom. The molecule has 3 aromatic carbocycles. The summed E-state index contributed by atoms with van der Waals surface area (Å²) in [5.41, 5.74) is 6.61. The minimum absolute atomic E-state index is 0.153. The first kappa shape index (κ1) is 26.8. The normalized spacial score (nSPS) is 17.5. The highest BCUT2D eigenvalue weighted by molar-refractivity contribution is 6.37. The fraction of sp³-hybridized carbons (Fsp3) is 0.303. The van der Waals surface area contributed by atoms with Gasteiger partial charge in [-0.15, -0.1) is 0 Å². The molecule has 3 aromatic rings. The van der Waals surface area contributed by atoms with Crippen molar-refractivity contribution in [3.63, 3.8) is 0 Å². The average molecular weight is 551 g/mol. The van der Waals surface area contributed by atoms with Crippen LogP contribution in [0.3, 0.4) is 0 Å². The largest absolute Gasteiger partial charge is 0.462 e. The summed E-state index contributed by atoms with van der Waals surface area (Å²) in [6.07, 6.45) is 4.35. The monoisotopic (exact) mass is 550 g/mol. The third kappa shape index (κ3) is 5.47. The number of ether oxygens (including phenoxy) is 1. The van der Waals surface area contributed by atoms with E-state index >= 15 is 0 Å². The SMILES string of the molecule is CCOC(=O)c1ccc2c(c1)NC(=O)/C2=C(\Nc1ccc2c(c1)CCN2C(=O)CN1CCCCC1)c1ccccc1.